The summed E-state index contributed by atoms with van der Waals surface area (Å²) in [6.07, 6.45) is 3.60. The van der Waals surface area contributed by atoms with Crippen LogP contribution in [0.4, 0.5) is 0 Å². The molecule has 1 unspecified atom stereocenters. The maximum Gasteiger partial charge on any atom is 0.119 e. The molecular formula is C16H20N2OS. The fourth-order valence-electron chi connectivity index (χ4n) is 2.84. The van der Waals surface area contributed by atoms with Crippen molar-refractivity contribution in [2.75, 3.05) is 7.11 Å². The molecule has 1 atom stereocenters. The van der Waals surface area contributed by atoms with Crippen LogP contribution in [0, 0.1) is 6.92 Å². The monoisotopic (exact) mass is 288 g/mol. The Hall–Kier alpha value is -1.39. The van der Waals surface area contributed by atoms with E-state index in [1.807, 2.05) is 5.51 Å². The number of hydrogen-bond donors (Lipinski definition) is 1. The number of nitrogens with zero attached hydrogens (tertiary/aromatic N) is 1. The van der Waals surface area contributed by atoms with Crippen molar-refractivity contribution in [1.82, 2.24) is 10.3 Å². The van der Waals surface area contributed by atoms with Crippen LogP contribution < -0.4 is 10.1 Å². The van der Waals surface area contributed by atoms with Gasteiger partial charge in [0.15, 0.2) is 0 Å². The summed E-state index contributed by atoms with van der Waals surface area (Å²) in [5.74, 6) is 0.961. The van der Waals surface area contributed by atoms with Gasteiger partial charge in [-0.05, 0) is 49.4 Å². The molecule has 3 nitrogen and oxygen atoms in total. The number of hydrogen-bond acceptors (Lipinski definition) is 4. The summed E-state index contributed by atoms with van der Waals surface area (Å²) in [5.41, 5.74) is 5.92. The van der Waals surface area contributed by atoms with Gasteiger partial charge < -0.3 is 10.1 Å². The molecule has 4 heteroatoms. The molecule has 0 saturated carbocycles. The Morgan fingerprint density at radius 1 is 1.45 bits per heavy atom. The van der Waals surface area contributed by atoms with E-state index >= 15 is 0 Å². The molecule has 20 heavy (non-hydrogen) atoms. The van der Waals surface area contributed by atoms with Crippen LogP contribution >= 0.6 is 11.3 Å². The van der Waals surface area contributed by atoms with E-state index in [0.29, 0.717) is 6.04 Å². The Morgan fingerprint density at radius 3 is 3.10 bits per heavy atom. The third kappa shape index (κ3) is 2.72. The molecule has 0 amide bonds. The lowest BCUT2D eigenvalue weighted by Gasteiger charge is -2.26. The summed E-state index contributed by atoms with van der Waals surface area (Å²) in [5, 5.41) is 3.69. The molecule has 1 heterocycles. The van der Waals surface area contributed by atoms with Gasteiger partial charge in [0.1, 0.15) is 5.75 Å². The molecule has 1 aromatic heterocycles. The first kappa shape index (κ1) is 13.6. The first-order valence-corrected chi connectivity index (χ1v) is 7.95. The highest BCUT2D eigenvalue weighted by atomic mass is 32.1. The highest BCUT2D eigenvalue weighted by Crippen LogP contribution is 2.32. The molecule has 0 radical (unpaired) electrons. The lowest BCUT2D eigenvalue weighted by Crippen LogP contribution is -2.24. The van der Waals surface area contributed by atoms with E-state index in [1.54, 1.807) is 18.4 Å². The quantitative estimate of drug-likeness (QED) is 0.933. The second kappa shape index (κ2) is 5.94. The van der Waals surface area contributed by atoms with Crippen LogP contribution in [0.2, 0.25) is 0 Å². The van der Waals surface area contributed by atoms with Crippen LogP contribution in [-0.4, -0.2) is 12.1 Å². The number of aryl methyl sites for hydroxylation is 2. The first-order valence-electron chi connectivity index (χ1n) is 7.07. The average molecular weight is 288 g/mol. The molecule has 1 aliphatic carbocycles. The van der Waals surface area contributed by atoms with Gasteiger partial charge in [-0.2, -0.15) is 0 Å². The number of fused-ring (bicyclic) bond motifs is 1. The van der Waals surface area contributed by atoms with Crippen LogP contribution in [-0.2, 0) is 13.0 Å². The summed E-state index contributed by atoms with van der Waals surface area (Å²) < 4.78 is 5.32. The van der Waals surface area contributed by atoms with E-state index in [0.717, 1.165) is 24.4 Å². The van der Waals surface area contributed by atoms with Crippen LogP contribution in [0.3, 0.4) is 0 Å². The molecule has 1 aromatic carbocycles. The van der Waals surface area contributed by atoms with Gasteiger partial charge in [-0.25, -0.2) is 4.98 Å². The van der Waals surface area contributed by atoms with Crippen LogP contribution in [0.25, 0.3) is 0 Å². The number of nitrogens with one attached hydrogen (secondary N) is 1. The zero-order valence-electron chi connectivity index (χ0n) is 12.0. The minimum absolute atomic E-state index is 0.450. The van der Waals surface area contributed by atoms with Crippen molar-refractivity contribution < 1.29 is 4.74 Å². The summed E-state index contributed by atoms with van der Waals surface area (Å²) in [6.45, 7) is 2.99. The van der Waals surface area contributed by atoms with E-state index in [1.165, 1.54) is 28.8 Å². The largest absolute Gasteiger partial charge is 0.497 e. The number of aromatic nitrogens is 1. The summed E-state index contributed by atoms with van der Waals surface area (Å²) >= 11 is 1.73. The predicted molar refractivity (Wildman–Crippen MR) is 82.4 cm³/mol. The first-order chi connectivity index (χ1) is 9.78. The standard InChI is InChI=1S/C16H20N2OS/c1-11-16(20-10-18-11)9-17-15-5-3-4-12-8-13(19-2)6-7-14(12)15/h6-8,10,15,17H,3-5,9H2,1-2H3. The van der Waals surface area contributed by atoms with Gasteiger partial charge in [0.05, 0.1) is 18.3 Å². The Balaban J connectivity index is 1.75. The van der Waals surface area contributed by atoms with Gasteiger partial charge >= 0.3 is 0 Å². The summed E-state index contributed by atoms with van der Waals surface area (Å²) in [7, 11) is 1.73. The number of ether oxygens (including phenoxy) is 1. The minimum atomic E-state index is 0.450. The Labute approximate surface area is 124 Å². The fourth-order valence-corrected chi connectivity index (χ4v) is 3.57. The lowest BCUT2D eigenvalue weighted by atomic mass is 9.87. The Bertz CT molecular complexity index is 594. The minimum Gasteiger partial charge on any atom is -0.497 e. The van der Waals surface area contributed by atoms with E-state index in [4.69, 9.17) is 4.74 Å². The molecule has 1 N–H and O–H groups in total. The van der Waals surface area contributed by atoms with Gasteiger partial charge in [-0.15, -0.1) is 11.3 Å². The lowest BCUT2D eigenvalue weighted by molar-refractivity contribution is 0.410. The molecule has 3 rings (SSSR count). The predicted octanol–water partition coefficient (Wildman–Crippen LogP) is 3.63. The van der Waals surface area contributed by atoms with E-state index < -0.39 is 0 Å². The molecular weight excluding hydrogens is 268 g/mol. The molecule has 0 bridgehead atoms. The van der Waals surface area contributed by atoms with Crippen molar-refractivity contribution in [3.63, 3.8) is 0 Å². The fraction of sp³-hybridized carbons (Fsp3) is 0.438. The zero-order chi connectivity index (χ0) is 13.9. The molecule has 0 spiro atoms. The smallest absolute Gasteiger partial charge is 0.119 e. The van der Waals surface area contributed by atoms with Crippen LogP contribution in [0.1, 0.15) is 40.6 Å². The van der Waals surface area contributed by atoms with Gasteiger partial charge in [0.2, 0.25) is 0 Å². The van der Waals surface area contributed by atoms with Crippen molar-refractivity contribution in [2.24, 2.45) is 0 Å². The maximum atomic E-state index is 5.32. The topological polar surface area (TPSA) is 34.1 Å². The van der Waals surface area contributed by atoms with Crippen molar-refractivity contribution >= 4 is 11.3 Å². The second-order valence-corrected chi connectivity index (χ2v) is 6.19. The van der Waals surface area contributed by atoms with Gasteiger partial charge in [-0.1, -0.05) is 6.07 Å². The second-order valence-electron chi connectivity index (χ2n) is 5.25. The third-order valence-electron chi connectivity index (χ3n) is 4.02. The summed E-state index contributed by atoms with van der Waals surface area (Å²) in [4.78, 5) is 5.65. The molecule has 1 aliphatic rings. The van der Waals surface area contributed by atoms with E-state index in [2.05, 4.69) is 35.4 Å². The molecule has 106 valence electrons. The molecule has 0 fully saturated rings. The van der Waals surface area contributed by atoms with Crippen LogP contribution in [0.5, 0.6) is 5.75 Å². The molecule has 2 aromatic rings. The van der Waals surface area contributed by atoms with Gasteiger partial charge in [-0.3, -0.25) is 0 Å². The van der Waals surface area contributed by atoms with Crippen molar-refractivity contribution in [2.45, 2.75) is 38.8 Å². The van der Waals surface area contributed by atoms with Crippen molar-refractivity contribution in [3.8, 4) is 5.75 Å². The average Bonchev–Trinajstić information content (AvgIpc) is 2.89. The highest BCUT2D eigenvalue weighted by Gasteiger charge is 2.20. The number of methoxy groups -OCH3 is 1. The normalized spacial score (nSPS) is 17.8. The third-order valence-corrected chi connectivity index (χ3v) is 4.95. The van der Waals surface area contributed by atoms with Crippen molar-refractivity contribution in [1.29, 1.82) is 0 Å². The SMILES string of the molecule is COc1ccc2c(c1)CCCC2NCc1scnc1C. The molecule has 0 aliphatic heterocycles. The number of rotatable bonds is 4. The summed E-state index contributed by atoms with van der Waals surface area (Å²) in [6, 6.07) is 6.91. The van der Waals surface area contributed by atoms with Gasteiger partial charge in [0, 0.05) is 17.5 Å². The number of thiazole rings is 1. The number of benzene rings is 1. The maximum absolute atomic E-state index is 5.32. The molecule has 0 saturated heterocycles. The zero-order valence-corrected chi connectivity index (χ0v) is 12.8. The van der Waals surface area contributed by atoms with Crippen molar-refractivity contribution in [3.05, 3.63) is 45.4 Å². The van der Waals surface area contributed by atoms with Gasteiger partial charge in [0.25, 0.3) is 0 Å². The van der Waals surface area contributed by atoms with Crippen LogP contribution in [0.15, 0.2) is 23.7 Å². The Morgan fingerprint density at radius 2 is 2.35 bits per heavy atom. The van der Waals surface area contributed by atoms with E-state index in [-0.39, 0.29) is 0 Å². The Kier molecular flexibility index (Phi) is 4.03. The highest BCUT2D eigenvalue weighted by molar-refractivity contribution is 7.09. The van der Waals surface area contributed by atoms with E-state index in [9.17, 15) is 0 Å².